The van der Waals surface area contributed by atoms with Gasteiger partial charge in [0, 0.05) is 30.4 Å². The molecule has 0 unspecified atom stereocenters. The van der Waals surface area contributed by atoms with Gasteiger partial charge >= 0.3 is 0 Å². The maximum atomic E-state index is 13.3. The highest BCUT2D eigenvalue weighted by atomic mass is 16.5. The van der Waals surface area contributed by atoms with Crippen molar-refractivity contribution in [2.24, 2.45) is 0 Å². The van der Waals surface area contributed by atoms with Gasteiger partial charge in [-0.25, -0.2) is 4.98 Å². The Morgan fingerprint density at radius 1 is 1.11 bits per heavy atom. The van der Waals surface area contributed by atoms with Gasteiger partial charge in [-0.2, -0.15) is 5.26 Å². The number of anilines is 1. The number of ether oxygens (including phenoxy) is 1. The molecule has 0 radical (unpaired) electrons. The fourth-order valence-corrected chi connectivity index (χ4v) is 4.80. The molecule has 2 amide bonds. The lowest BCUT2D eigenvalue weighted by atomic mass is 10.1. The molecule has 4 aromatic rings. The van der Waals surface area contributed by atoms with Crippen molar-refractivity contribution in [2.45, 2.75) is 25.4 Å². The Bertz CT molecular complexity index is 1530. The average molecular weight is 463 g/mol. The predicted molar refractivity (Wildman–Crippen MR) is 129 cm³/mol. The molecule has 1 atom stereocenters. The van der Waals surface area contributed by atoms with E-state index in [4.69, 9.17) is 4.74 Å². The van der Waals surface area contributed by atoms with E-state index in [9.17, 15) is 14.9 Å². The molecule has 1 N–H and O–H groups in total. The van der Waals surface area contributed by atoms with Crippen LogP contribution >= 0.6 is 0 Å². The van der Waals surface area contributed by atoms with E-state index in [2.05, 4.69) is 16.4 Å². The molecule has 3 aromatic carbocycles. The van der Waals surface area contributed by atoms with Gasteiger partial charge in [0.25, 0.3) is 0 Å². The third-order valence-corrected chi connectivity index (χ3v) is 6.55. The van der Waals surface area contributed by atoms with Gasteiger partial charge in [0.1, 0.15) is 23.6 Å². The summed E-state index contributed by atoms with van der Waals surface area (Å²) in [5, 5.41) is 14.4. The van der Waals surface area contributed by atoms with Gasteiger partial charge < -0.3 is 19.5 Å². The second-order valence-corrected chi connectivity index (χ2v) is 8.79. The first kappa shape index (κ1) is 20.9. The number of rotatable bonds is 0. The van der Waals surface area contributed by atoms with Crippen molar-refractivity contribution in [3.63, 3.8) is 0 Å². The van der Waals surface area contributed by atoms with Gasteiger partial charge in [-0.05, 0) is 47.7 Å². The summed E-state index contributed by atoms with van der Waals surface area (Å²) in [6.45, 7) is 0.967. The van der Waals surface area contributed by atoms with E-state index in [-0.39, 0.29) is 18.2 Å². The second-order valence-electron chi connectivity index (χ2n) is 8.79. The number of aromatic nitrogens is 2. The first-order valence-electron chi connectivity index (χ1n) is 11.4. The van der Waals surface area contributed by atoms with Crippen LogP contribution in [0.4, 0.5) is 5.69 Å². The predicted octanol–water partition coefficient (Wildman–Crippen LogP) is 3.53. The summed E-state index contributed by atoms with van der Waals surface area (Å²) in [5.74, 6) is 0.666. The first-order valence-corrected chi connectivity index (χ1v) is 11.4. The number of carbonyl (C=O) groups is 2. The zero-order chi connectivity index (χ0) is 23.9. The van der Waals surface area contributed by atoms with Crippen molar-refractivity contribution in [2.75, 3.05) is 11.4 Å². The van der Waals surface area contributed by atoms with Crippen LogP contribution in [0, 0.1) is 11.3 Å². The molecule has 6 rings (SSSR count). The summed E-state index contributed by atoms with van der Waals surface area (Å²) in [6, 6.07) is 18.6. The van der Waals surface area contributed by atoms with Gasteiger partial charge in [-0.3, -0.25) is 9.59 Å². The Kier molecular flexibility index (Phi) is 4.96. The molecule has 3 heterocycles. The van der Waals surface area contributed by atoms with Crippen molar-refractivity contribution in [1.82, 2.24) is 14.9 Å². The highest BCUT2D eigenvalue weighted by Gasteiger charge is 2.34. The number of hydrogen-bond donors (Lipinski definition) is 1. The Morgan fingerprint density at radius 3 is 2.91 bits per heavy atom. The first-order chi connectivity index (χ1) is 17.1. The van der Waals surface area contributed by atoms with Crippen LogP contribution < -0.4 is 15.0 Å². The average Bonchev–Trinajstić information content (AvgIpc) is 3.44. The quantitative estimate of drug-likeness (QED) is 0.430. The number of benzene rings is 3. The summed E-state index contributed by atoms with van der Waals surface area (Å²) >= 11 is 0. The number of nitrogens with zero attached hydrogens (tertiary/aromatic N) is 4. The molecule has 1 fully saturated rings. The Morgan fingerprint density at radius 2 is 2.03 bits per heavy atom. The van der Waals surface area contributed by atoms with Crippen LogP contribution in [0.15, 0.2) is 67.1 Å². The molecule has 0 aliphatic carbocycles. The summed E-state index contributed by atoms with van der Waals surface area (Å²) in [5.41, 5.74) is 2.83. The molecular weight excluding hydrogens is 442 g/mol. The molecular formula is C27H21N5O3. The maximum Gasteiger partial charge on any atom is 0.249 e. The summed E-state index contributed by atoms with van der Waals surface area (Å²) < 4.78 is 8.09. The molecule has 0 saturated carbocycles. The number of imidazole rings is 1. The van der Waals surface area contributed by atoms with Crippen LogP contribution in [0.2, 0.25) is 0 Å². The molecule has 6 bridgehead atoms. The zero-order valence-electron chi connectivity index (χ0n) is 18.8. The maximum absolute atomic E-state index is 13.3. The molecule has 35 heavy (non-hydrogen) atoms. The number of nitrogens with one attached hydrogen (secondary N) is 1. The number of hydrogen-bond acceptors (Lipinski definition) is 5. The molecule has 2 aliphatic heterocycles. The van der Waals surface area contributed by atoms with Gasteiger partial charge in [0.05, 0.1) is 24.0 Å². The lowest BCUT2D eigenvalue weighted by molar-refractivity contribution is -0.126. The number of carbonyl (C=O) groups excluding carboxylic acids is 2. The van der Waals surface area contributed by atoms with Crippen LogP contribution in [0.1, 0.15) is 23.2 Å². The zero-order valence-corrected chi connectivity index (χ0v) is 18.8. The fourth-order valence-electron chi connectivity index (χ4n) is 4.80. The van der Waals surface area contributed by atoms with Crippen molar-refractivity contribution in [3.05, 3.63) is 83.9 Å². The minimum absolute atomic E-state index is 0.111. The molecule has 1 saturated heterocycles. The highest BCUT2D eigenvalue weighted by Crippen LogP contribution is 2.35. The lowest BCUT2D eigenvalue weighted by Crippen LogP contribution is -2.42. The number of fused-ring (bicyclic) bond motifs is 7. The van der Waals surface area contributed by atoms with Crippen molar-refractivity contribution < 1.29 is 14.3 Å². The Balaban J connectivity index is 1.50. The minimum atomic E-state index is -0.572. The van der Waals surface area contributed by atoms with E-state index in [0.717, 1.165) is 27.7 Å². The van der Waals surface area contributed by atoms with Crippen molar-refractivity contribution in [1.29, 1.82) is 5.26 Å². The van der Waals surface area contributed by atoms with Gasteiger partial charge in [0.15, 0.2) is 0 Å². The fraction of sp³-hybridized carbons (Fsp3) is 0.185. The highest BCUT2D eigenvalue weighted by molar-refractivity contribution is 6.08. The SMILES string of the molecule is N#Cc1ccc2cc1Oc1ccc3cccc(c3c1)N1CC[C@@H](NC(=O)Cc3cncn3C2)C1=O. The topological polar surface area (TPSA) is 100 Å². The molecule has 8 heteroatoms. The van der Waals surface area contributed by atoms with Crippen LogP contribution in [0.5, 0.6) is 11.5 Å². The smallest absolute Gasteiger partial charge is 0.249 e. The number of nitriles is 1. The van der Waals surface area contributed by atoms with Gasteiger partial charge in [0.2, 0.25) is 11.8 Å². The summed E-state index contributed by atoms with van der Waals surface area (Å²) in [6.07, 6.45) is 3.97. The molecule has 0 spiro atoms. The van der Waals surface area contributed by atoms with Gasteiger partial charge in [-0.15, -0.1) is 0 Å². The van der Waals surface area contributed by atoms with E-state index in [1.165, 1.54) is 0 Å². The Labute approximate surface area is 201 Å². The normalized spacial score (nSPS) is 17.5. The van der Waals surface area contributed by atoms with Crippen LogP contribution in [-0.4, -0.2) is 34.0 Å². The molecule has 2 aliphatic rings. The standard InChI is InChI=1S/C27H21N5O3/c28-13-19-5-4-17-10-25(19)35-21-7-6-18-2-1-3-24(22(18)12-21)32-9-8-23(27(32)34)30-26(33)11-20-14-29-16-31(20)15-17/h1-7,10,12,14,16,23H,8-9,11,15H2,(H,30,33)/t23-/m1/s1. The molecule has 172 valence electrons. The van der Waals surface area contributed by atoms with E-state index in [0.29, 0.717) is 36.6 Å². The summed E-state index contributed by atoms with van der Waals surface area (Å²) in [7, 11) is 0. The Hall–Kier alpha value is -4.64. The second kappa shape index (κ2) is 8.29. The van der Waals surface area contributed by atoms with Crippen molar-refractivity contribution >= 4 is 28.3 Å². The lowest BCUT2D eigenvalue weighted by Gasteiger charge is -2.20. The number of amides is 2. The van der Waals surface area contributed by atoms with Crippen LogP contribution in [-0.2, 0) is 22.6 Å². The van der Waals surface area contributed by atoms with E-state index in [1.54, 1.807) is 23.5 Å². The van der Waals surface area contributed by atoms with Crippen molar-refractivity contribution in [3.8, 4) is 17.6 Å². The molecule has 1 aromatic heterocycles. The third kappa shape index (κ3) is 3.77. The van der Waals surface area contributed by atoms with Gasteiger partial charge in [-0.1, -0.05) is 24.3 Å². The van der Waals surface area contributed by atoms with E-state index < -0.39 is 6.04 Å². The third-order valence-electron chi connectivity index (χ3n) is 6.55. The van der Waals surface area contributed by atoms with Crippen LogP contribution in [0.25, 0.3) is 10.8 Å². The minimum Gasteiger partial charge on any atom is -0.456 e. The van der Waals surface area contributed by atoms with Crippen LogP contribution in [0.3, 0.4) is 0 Å². The largest absolute Gasteiger partial charge is 0.456 e. The summed E-state index contributed by atoms with van der Waals surface area (Å²) in [4.78, 5) is 32.0. The van der Waals surface area contributed by atoms with E-state index >= 15 is 0 Å². The molecule has 8 nitrogen and oxygen atoms in total. The monoisotopic (exact) mass is 463 g/mol. The van der Waals surface area contributed by atoms with E-state index in [1.807, 2.05) is 53.1 Å².